The van der Waals surface area contributed by atoms with Gasteiger partial charge in [-0.1, -0.05) is 24.3 Å². The molecule has 2 aliphatic rings. The molecule has 1 fully saturated rings. The van der Waals surface area contributed by atoms with Gasteiger partial charge in [0.2, 0.25) is 0 Å². The first-order valence-corrected chi connectivity index (χ1v) is 5.62. The molecule has 2 rings (SSSR count). The van der Waals surface area contributed by atoms with Gasteiger partial charge in [-0.2, -0.15) is 0 Å². The van der Waals surface area contributed by atoms with E-state index in [-0.39, 0.29) is 0 Å². The molecule has 0 aromatic rings. The summed E-state index contributed by atoms with van der Waals surface area (Å²) in [5.74, 6) is 0. The number of likely N-dealkylation sites (tertiary alicyclic amines) is 1. The molecule has 0 saturated carbocycles. The first-order chi connectivity index (χ1) is 6.84. The van der Waals surface area contributed by atoms with Crippen molar-refractivity contribution in [2.75, 3.05) is 20.1 Å². The summed E-state index contributed by atoms with van der Waals surface area (Å²) in [6.45, 7) is 2.48. The number of hydrogen-bond donors (Lipinski definition) is 1. The molecule has 0 bridgehead atoms. The Labute approximate surface area is 86.7 Å². The van der Waals surface area contributed by atoms with E-state index in [4.69, 9.17) is 0 Å². The fourth-order valence-corrected chi connectivity index (χ4v) is 2.18. The smallest absolute Gasteiger partial charge is 0.0290 e. The average molecular weight is 192 g/mol. The zero-order valence-electron chi connectivity index (χ0n) is 8.95. The summed E-state index contributed by atoms with van der Waals surface area (Å²) >= 11 is 0. The fourth-order valence-electron chi connectivity index (χ4n) is 2.18. The van der Waals surface area contributed by atoms with Gasteiger partial charge >= 0.3 is 0 Å². The summed E-state index contributed by atoms with van der Waals surface area (Å²) in [4.78, 5) is 2.41. The van der Waals surface area contributed by atoms with Crippen molar-refractivity contribution < 1.29 is 0 Å². The van der Waals surface area contributed by atoms with E-state index >= 15 is 0 Å². The molecule has 0 radical (unpaired) electrons. The van der Waals surface area contributed by atoms with Crippen LogP contribution >= 0.6 is 0 Å². The van der Waals surface area contributed by atoms with Crippen LogP contribution in [0.15, 0.2) is 24.3 Å². The van der Waals surface area contributed by atoms with Crippen molar-refractivity contribution in [2.24, 2.45) is 0 Å². The second-order valence-electron chi connectivity index (χ2n) is 4.40. The number of rotatable bonds is 2. The van der Waals surface area contributed by atoms with Crippen molar-refractivity contribution in [3.8, 4) is 0 Å². The zero-order chi connectivity index (χ0) is 9.80. The van der Waals surface area contributed by atoms with Crippen LogP contribution in [0.5, 0.6) is 0 Å². The molecule has 0 spiro atoms. The highest BCUT2D eigenvalue weighted by Gasteiger charge is 2.18. The maximum Gasteiger partial charge on any atom is 0.0290 e. The van der Waals surface area contributed by atoms with Crippen LogP contribution in [0.25, 0.3) is 0 Å². The molecular weight excluding hydrogens is 172 g/mol. The Kier molecular flexibility index (Phi) is 3.38. The first kappa shape index (κ1) is 9.94. The molecule has 1 unspecified atom stereocenters. The van der Waals surface area contributed by atoms with Gasteiger partial charge in [0, 0.05) is 12.1 Å². The van der Waals surface area contributed by atoms with Crippen LogP contribution in [0.2, 0.25) is 0 Å². The quantitative estimate of drug-likeness (QED) is 0.714. The number of hydrogen-bond acceptors (Lipinski definition) is 2. The highest BCUT2D eigenvalue weighted by atomic mass is 15.1. The van der Waals surface area contributed by atoms with Crippen LogP contribution in [-0.4, -0.2) is 37.1 Å². The molecule has 0 aromatic heterocycles. The lowest BCUT2D eigenvalue weighted by molar-refractivity contribution is 0.229. The number of nitrogens with one attached hydrogen (secondary N) is 1. The molecule has 14 heavy (non-hydrogen) atoms. The Balaban J connectivity index is 1.75. The van der Waals surface area contributed by atoms with E-state index in [1.165, 1.54) is 25.9 Å². The maximum absolute atomic E-state index is 3.71. The van der Waals surface area contributed by atoms with E-state index < -0.39 is 0 Å². The lowest BCUT2D eigenvalue weighted by Gasteiger charge is -2.32. The van der Waals surface area contributed by atoms with E-state index in [0.717, 1.165) is 12.5 Å². The Morgan fingerprint density at radius 2 is 2.00 bits per heavy atom. The van der Waals surface area contributed by atoms with Crippen LogP contribution in [-0.2, 0) is 0 Å². The van der Waals surface area contributed by atoms with E-state index in [2.05, 4.69) is 41.6 Å². The van der Waals surface area contributed by atoms with Crippen LogP contribution in [0.4, 0.5) is 0 Å². The summed E-state index contributed by atoms with van der Waals surface area (Å²) in [6.07, 6.45) is 12.5. The van der Waals surface area contributed by atoms with Gasteiger partial charge in [0.25, 0.3) is 0 Å². The third-order valence-corrected chi connectivity index (χ3v) is 3.15. The third-order valence-electron chi connectivity index (χ3n) is 3.15. The SMILES string of the molecule is CN1CCC(NC2C=CC=CC2)CC1. The molecular formula is C12H20N2. The number of piperidine rings is 1. The van der Waals surface area contributed by atoms with E-state index in [1.54, 1.807) is 0 Å². The Hall–Kier alpha value is -0.600. The topological polar surface area (TPSA) is 15.3 Å². The van der Waals surface area contributed by atoms with Crippen molar-refractivity contribution >= 4 is 0 Å². The molecule has 1 heterocycles. The van der Waals surface area contributed by atoms with Gasteiger partial charge in [0.05, 0.1) is 0 Å². The molecule has 78 valence electrons. The monoisotopic (exact) mass is 192 g/mol. The molecule has 0 amide bonds. The van der Waals surface area contributed by atoms with Gasteiger partial charge < -0.3 is 10.2 Å². The first-order valence-electron chi connectivity index (χ1n) is 5.62. The summed E-state index contributed by atoms with van der Waals surface area (Å²) in [6, 6.07) is 1.31. The summed E-state index contributed by atoms with van der Waals surface area (Å²) < 4.78 is 0. The van der Waals surface area contributed by atoms with Gasteiger partial charge in [0.1, 0.15) is 0 Å². The Morgan fingerprint density at radius 1 is 1.21 bits per heavy atom. The predicted octanol–water partition coefficient (Wildman–Crippen LogP) is 1.55. The van der Waals surface area contributed by atoms with Crippen molar-refractivity contribution in [1.82, 2.24) is 10.2 Å². The summed E-state index contributed by atoms with van der Waals surface area (Å²) in [5, 5.41) is 3.71. The Morgan fingerprint density at radius 3 is 2.64 bits per heavy atom. The van der Waals surface area contributed by atoms with Crippen LogP contribution in [0, 0.1) is 0 Å². The third kappa shape index (κ3) is 2.69. The minimum Gasteiger partial charge on any atom is -0.307 e. The van der Waals surface area contributed by atoms with Crippen molar-refractivity contribution in [1.29, 1.82) is 0 Å². The highest BCUT2D eigenvalue weighted by molar-refractivity contribution is 5.13. The van der Waals surface area contributed by atoms with Gasteiger partial charge in [-0.25, -0.2) is 0 Å². The Bertz CT molecular complexity index is 224. The molecule has 1 aliphatic heterocycles. The zero-order valence-corrected chi connectivity index (χ0v) is 8.95. The molecule has 2 nitrogen and oxygen atoms in total. The van der Waals surface area contributed by atoms with Crippen molar-refractivity contribution in [2.45, 2.75) is 31.3 Å². The van der Waals surface area contributed by atoms with Gasteiger partial charge in [-0.3, -0.25) is 0 Å². The molecule has 2 heteroatoms. The van der Waals surface area contributed by atoms with E-state index in [1.807, 2.05) is 0 Å². The predicted molar refractivity (Wildman–Crippen MR) is 60.3 cm³/mol. The lowest BCUT2D eigenvalue weighted by atomic mass is 10.0. The standard InChI is InChI=1S/C12H20N2/c1-14-9-7-12(8-10-14)13-11-5-3-2-4-6-11/h2-5,11-13H,6-10H2,1H3. The molecule has 1 atom stereocenters. The van der Waals surface area contributed by atoms with Crippen LogP contribution in [0.1, 0.15) is 19.3 Å². The van der Waals surface area contributed by atoms with Crippen LogP contribution in [0.3, 0.4) is 0 Å². The molecule has 1 N–H and O–H groups in total. The van der Waals surface area contributed by atoms with Gasteiger partial charge in [-0.05, 0) is 39.4 Å². The second kappa shape index (κ2) is 4.76. The summed E-state index contributed by atoms with van der Waals surface area (Å²) in [5.41, 5.74) is 0. The van der Waals surface area contributed by atoms with Gasteiger partial charge in [0.15, 0.2) is 0 Å². The highest BCUT2D eigenvalue weighted by Crippen LogP contribution is 2.11. The minimum atomic E-state index is 0.577. The molecule has 1 saturated heterocycles. The number of allylic oxidation sites excluding steroid dienone is 2. The molecule has 0 aromatic carbocycles. The lowest BCUT2D eigenvalue weighted by Crippen LogP contribution is -2.44. The maximum atomic E-state index is 3.71. The van der Waals surface area contributed by atoms with Gasteiger partial charge in [-0.15, -0.1) is 0 Å². The largest absolute Gasteiger partial charge is 0.307 e. The normalized spacial score (nSPS) is 29.6. The second-order valence-corrected chi connectivity index (χ2v) is 4.40. The molecule has 1 aliphatic carbocycles. The summed E-state index contributed by atoms with van der Waals surface area (Å²) in [7, 11) is 2.21. The van der Waals surface area contributed by atoms with Crippen molar-refractivity contribution in [3.05, 3.63) is 24.3 Å². The fraction of sp³-hybridized carbons (Fsp3) is 0.667. The number of nitrogens with zero attached hydrogens (tertiary/aromatic N) is 1. The van der Waals surface area contributed by atoms with Crippen LogP contribution < -0.4 is 5.32 Å². The minimum absolute atomic E-state index is 0.577. The van der Waals surface area contributed by atoms with E-state index in [0.29, 0.717) is 6.04 Å². The van der Waals surface area contributed by atoms with E-state index in [9.17, 15) is 0 Å². The van der Waals surface area contributed by atoms with Crippen molar-refractivity contribution in [3.63, 3.8) is 0 Å². The average Bonchev–Trinajstić information content (AvgIpc) is 2.23.